The number of hydrogen-bond donors (Lipinski definition) is 10. The average Bonchev–Trinajstić information content (AvgIpc) is 2.87. The quantitative estimate of drug-likeness (QED) is 0.199. The van der Waals surface area contributed by atoms with Crippen LogP contribution in [-0.2, 0) is 21.7 Å². The van der Waals surface area contributed by atoms with Gasteiger partial charge in [0, 0.05) is 0 Å². The molecule has 0 amide bonds. The van der Waals surface area contributed by atoms with E-state index in [1.165, 1.54) is 0 Å². The average molecular weight is 709 g/mol. The molecule has 0 spiro atoms. The van der Waals surface area contributed by atoms with Gasteiger partial charge in [0.25, 0.3) is 0 Å². The third kappa shape index (κ3) is 13.3. The molecule has 276 valence electrons. The molecule has 12 heteroatoms. The predicted octanol–water partition coefficient (Wildman–Crippen LogP) is 3.32. The largest absolute Gasteiger partial charge is 0.396 e. The van der Waals surface area contributed by atoms with Gasteiger partial charge in [0.2, 0.25) is 0 Å². The Morgan fingerprint density at radius 1 is 0.404 bits per heavy atom. The summed E-state index contributed by atoms with van der Waals surface area (Å²) in [6, 6.07) is 7.76. The van der Waals surface area contributed by atoms with Crippen LogP contribution in [0.1, 0.15) is 116 Å². The van der Waals surface area contributed by atoms with Crippen molar-refractivity contribution in [3.63, 3.8) is 0 Å². The van der Waals surface area contributed by atoms with Crippen molar-refractivity contribution in [3.05, 3.63) is 57.6 Å². The van der Waals surface area contributed by atoms with Gasteiger partial charge in [-0.15, -0.1) is 0 Å². The molecule has 2 aromatic rings. The van der Waals surface area contributed by atoms with E-state index < -0.39 is 47.7 Å². The monoisotopic (exact) mass is 708 g/mol. The molecule has 2 rings (SSSR count). The second kappa shape index (κ2) is 16.3. The van der Waals surface area contributed by atoms with Gasteiger partial charge >= 0.3 is 232 Å². The summed E-state index contributed by atoms with van der Waals surface area (Å²) in [6.07, 6.45) is 0. The van der Waals surface area contributed by atoms with Crippen LogP contribution in [0, 0.1) is 19.3 Å². The van der Waals surface area contributed by atoms with E-state index in [2.05, 4.69) is 0 Å². The molecule has 0 aliphatic heterocycles. The Kier molecular flexibility index (Phi) is 15.9. The minimum Gasteiger partial charge on any atom is -0.396 e. The van der Waals surface area contributed by atoms with E-state index in [4.69, 9.17) is 20.4 Å². The molecule has 0 saturated heterocycles. The van der Waals surface area contributed by atoms with Crippen molar-refractivity contribution in [1.29, 1.82) is 0 Å². The number of rotatable bonds is 6. The standard InChI is InChI=1S/2C15H27O3P.C5H12O4/c2*1-10-8-11(14(2,3)4)13(19(16,17)18)12(9-10)15(5,6)7;6-1-5(2-7,3-8)4-9/h2*8-9,16-19H,1-7H3;6-9H,1-4H2. The van der Waals surface area contributed by atoms with Crippen molar-refractivity contribution < 1.29 is 49.8 Å². The van der Waals surface area contributed by atoms with Crippen LogP contribution < -0.4 is 10.6 Å². The summed E-state index contributed by atoms with van der Waals surface area (Å²) in [6.45, 7) is 26.5. The Hall–Kier alpha value is -1.10. The molecule has 0 heterocycles. The fourth-order valence-electron chi connectivity index (χ4n) is 4.96. The SMILES string of the molecule is Cc1cc(C(C)(C)C)c([PH](O)(O)O)c(C(C)(C)C)c1.Cc1cc(C(C)(C)C)c([PH](O)(O)O)c(C(C)(C)C)c1.OCC(CO)(CO)CO. The number of hydrogen-bond acceptors (Lipinski definition) is 10. The van der Waals surface area contributed by atoms with Gasteiger partial charge in [0.15, 0.2) is 0 Å². The second-order valence-electron chi connectivity index (χ2n) is 16.9. The molecular formula is C35H66O10P2. The molecule has 0 aliphatic rings. The van der Waals surface area contributed by atoms with E-state index in [0.717, 1.165) is 33.4 Å². The van der Waals surface area contributed by atoms with Gasteiger partial charge < -0.3 is 20.4 Å². The fourth-order valence-corrected chi connectivity index (χ4v) is 8.20. The van der Waals surface area contributed by atoms with Crippen LogP contribution in [0.25, 0.3) is 0 Å². The Balaban J connectivity index is 0.000000721. The predicted molar refractivity (Wildman–Crippen MR) is 197 cm³/mol. The smallest absolute Gasteiger partial charge is 0.0627 e. The maximum atomic E-state index is 9.92. The molecule has 0 aliphatic carbocycles. The first-order valence-corrected chi connectivity index (χ1v) is 19.5. The molecule has 0 radical (unpaired) electrons. The summed E-state index contributed by atoms with van der Waals surface area (Å²) in [5.74, 6) is 0. The zero-order valence-corrected chi connectivity index (χ0v) is 33.1. The van der Waals surface area contributed by atoms with Crippen molar-refractivity contribution in [3.8, 4) is 0 Å². The number of benzene rings is 2. The summed E-state index contributed by atoms with van der Waals surface area (Å²) in [4.78, 5) is 59.5. The third-order valence-electron chi connectivity index (χ3n) is 7.81. The summed E-state index contributed by atoms with van der Waals surface area (Å²) in [7, 11) is -8.73. The Morgan fingerprint density at radius 2 is 0.574 bits per heavy atom. The first-order chi connectivity index (χ1) is 20.7. The molecule has 0 fully saturated rings. The van der Waals surface area contributed by atoms with E-state index in [1.807, 2.05) is 121 Å². The number of aliphatic hydroxyl groups is 4. The molecular weight excluding hydrogens is 642 g/mol. The van der Waals surface area contributed by atoms with Crippen molar-refractivity contribution >= 4 is 26.5 Å². The minimum absolute atomic E-state index is 0.256. The topological polar surface area (TPSA) is 202 Å². The number of aliphatic hydroxyl groups excluding tert-OH is 4. The molecule has 0 saturated carbocycles. The second-order valence-corrected chi connectivity index (χ2v) is 20.4. The minimum atomic E-state index is -4.36. The van der Waals surface area contributed by atoms with E-state index in [-0.39, 0.29) is 21.7 Å². The first-order valence-electron chi connectivity index (χ1n) is 15.8. The molecule has 47 heavy (non-hydrogen) atoms. The van der Waals surface area contributed by atoms with E-state index >= 15 is 0 Å². The van der Waals surface area contributed by atoms with Gasteiger partial charge in [0.1, 0.15) is 0 Å². The summed E-state index contributed by atoms with van der Waals surface area (Å²) < 4.78 is 0. The van der Waals surface area contributed by atoms with Crippen LogP contribution in [0.15, 0.2) is 24.3 Å². The maximum absolute atomic E-state index is 9.92. The molecule has 0 aromatic heterocycles. The van der Waals surface area contributed by atoms with Crippen LogP contribution in [0.5, 0.6) is 0 Å². The summed E-state index contributed by atoms with van der Waals surface area (Å²) in [5.41, 5.74) is 3.26. The van der Waals surface area contributed by atoms with Crippen LogP contribution in [0.3, 0.4) is 0 Å². The van der Waals surface area contributed by atoms with Gasteiger partial charge in [-0.3, -0.25) is 0 Å². The van der Waals surface area contributed by atoms with Crippen LogP contribution in [-0.4, -0.2) is 76.2 Å². The van der Waals surface area contributed by atoms with Crippen LogP contribution in [0.4, 0.5) is 0 Å². The van der Waals surface area contributed by atoms with Crippen molar-refractivity contribution in [2.45, 2.75) is 119 Å². The summed E-state index contributed by atoms with van der Waals surface area (Å²) in [5, 5.41) is 34.7. The van der Waals surface area contributed by atoms with Crippen LogP contribution >= 0.6 is 15.9 Å². The Morgan fingerprint density at radius 3 is 0.660 bits per heavy atom. The van der Waals surface area contributed by atoms with Crippen molar-refractivity contribution in [2.75, 3.05) is 26.4 Å². The number of aryl methyl sites for hydroxylation is 2. The zero-order chi connectivity index (χ0) is 37.8. The van der Waals surface area contributed by atoms with Gasteiger partial charge in [-0.25, -0.2) is 0 Å². The molecule has 0 bridgehead atoms. The Bertz CT molecular complexity index is 1120. The van der Waals surface area contributed by atoms with Crippen LogP contribution in [0.2, 0.25) is 0 Å². The molecule has 10 nitrogen and oxygen atoms in total. The Labute approximate surface area is 284 Å². The first kappa shape index (κ1) is 45.9. The van der Waals surface area contributed by atoms with Gasteiger partial charge in [-0.05, 0) is 0 Å². The van der Waals surface area contributed by atoms with Gasteiger partial charge in [-0.2, -0.15) is 0 Å². The van der Waals surface area contributed by atoms with Gasteiger partial charge in [-0.1, -0.05) is 0 Å². The molecule has 0 unspecified atom stereocenters. The molecule has 0 atom stereocenters. The third-order valence-corrected chi connectivity index (χ3v) is 10.2. The van der Waals surface area contributed by atoms with Crippen molar-refractivity contribution in [2.24, 2.45) is 5.41 Å². The van der Waals surface area contributed by atoms with E-state index in [9.17, 15) is 29.4 Å². The normalized spacial score (nSPS) is 14.1. The van der Waals surface area contributed by atoms with Crippen molar-refractivity contribution in [1.82, 2.24) is 0 Å². The maximum Gasteiger partial charge on any atom is 0.0627 e. The fraction of sp³-hybridized carbons (Fsp3) is 0.657. The molecule has 10 N–H and O–H groups in total. The van der Waals surface area contributed by atoms with E-state index in [0.29, 0.717) is 10.6 Å². The van der Waals surface area contributed by atoms with Gasteiger partial charge in [0.05, 0.1) is 31.8 Å². The zero-order valence-electron chi connectivity index (χ0n) is 31.1. The summed E-state index contributed by atoms with van der Waals surface area (Å²) >= 11 is 0. The molecule has 2 aromatic carbocycles. The van der Waals surface area contributed by atoms with E-state index in [1.54, 1.807) is 0 Å².